The normalized spacial score (nSPS) is 14.6. The molecular formula is C26H19F6N3S. The molecule has 0 N–H and O–H groups in total. The molecule has 0 bridgehead atoms. The Balaban J connectivity index is 1.25. The van der Waals surface area contributed by atoms with E-state index in [1.54, 1.807) is 17.5 Å². The molecule has 0 amide bonds. The summed E-state index contributed by atoms with van der Waals surface area (Å²) < 4.78 is 76.8. The standard InChI is InChI=1S/C26H19F6N3S/c27-25(28,29)19-5-1-16(2-6-19)23-10-9-21(36-23)15-35-12-11-22-18(14-35)13-33-24(34-22)17-3-7-20(8-4-17)26(30,31)32/h1-10,13H,11-12,14-15H2. The fraction of sp³-hybridized carbons (Fsp3) is 0.231. The number of alkyl halides is 6. The van der Waals surface area contributed by atoms with Crippen LogP contribution >= 0.6 is 11.3 Å². The van der Waals surface area contributed by atoms with Crippen molar-refractivity contribution >= 4 is 11.3 Å². The molecule has 0 fully saturated rings. The van der Waals surface area contributed by atoms with E-state index in [4.69, 9.17) is 0 Å². The van der Waals surface area contributed by atoms with Crippen LogP contribution in [0.4, 0.5) is 26.3 Å². The van der Waals surface area contributed by atoms with Gasteiger partial charge in [-0.3, -0.25) is 4.90 Å². The molecule has 1 aliphatic rings. The third-order valence-electron chi connectivity index (χ3n) is 6.02. The van der Waals surface area contributed by atoms with Gasteiger partial charge in [0.1, 0.15) is 0 Å². The Morgan fingerprint density at radius 1 is 0.778 bits per heavy atom. The molecule has 0 unspecified atom stereocenters. The molecule has 3 heterocycles. The first-order valence-corrected chi connectivity index (χ1v) is 11.9. The number of benzene rings is 2. The maximum Gasteiger partial charge on any atom is 0.416 e. The largest absolute Gasteiger partial charge is 0.416 e. The second kappa shape index (κ2) is 9.33. The van der Waals surface area contributed by atoms with Crippen molar-refractivity contribution < 1.29 is 26.3 Å². The SMILES string of the molecule is FC(F)(F)c1ccc(-c2ncc3c(n2)CCN(Cc2ccc(-c4ccc(C(F)(F)F)cc4)s2)C3)cc1. The zero-order valence-corrected chi connectivity index (χ0v) is 19.5. The maximum absolute atomic E-state index is 12.8. The van der Waals surface area contributed by atoms with Gasteiger partial charge in [-0.05, 0) is 42.0 Å². The first kappa shape index (κ1) is 24.5. The number of aromatic nitrogens is 2. The highest BCUT2D eigenvalue weighted by Gasteiger charge is 2.31. The van der Waals surface area contributed by atoms with Crippen molar-refractivity contribution in [2.75, 3.05) is 6.54 Å². The van der Waals surface area contributed by atoms with E-state index < -0.39 is 23.5 Å². The van der Waals surface area contributed by atoms with E-state index in [0.29, 0.717) is 30.9 Å². The van der Waals surface area contributed by atoms with Crippen molar-refractivity contribution in [1.82, 2.24) is 14.9 Å². The summed E-state index contributed by atoms with van der Waals surface area (Å²) in [5, 5.41) is 0. The number of fused-ring (bicyclic) bond motifs is 1. The Morgan fingerprint density at radius 3 is 2.00 bits per heavy atom. The van der Waals surface area contributed by atoms with Crippen molar-refractivity contribution in [3.05, 3.63) is 94.1 Å². The molecular weight excluding hydrogens is 500 g/mol. The molecule has 4 aromatic rings. The number of hydrogen-bond donors (Lipinski definition) is 0. The van der Waals surface area contributed by atoms with Gasteiger partial charge in [-0.25, -0.2) is 9.97 Å². The summed E-state index contributed by atoms with van der Waals surface area (Å²) in [4.78, 5) is 13.2. The number of hydrogen-bond acceptors (Lipinski definition) is 4. The van der Waals surface area contributed by atoms with Crippen LogP contribution in [0.25, 0.3) is 21.8 Å². The van der Waals surface area contributed by atoms with Gasteiger partial charge in [0.25, 0.3) is 0 Å². The predicted molar refractivity (Wildman–Crippen MR) is 125 cm³/mol. The van der Waals surface area contributed by atoms with Crippen LogP contribution in [0, 0.1) is 0 Å². The lowest BCUT2D eigenvalue weighted by Gasteiger charge is -2.27. The summed E-state index contributed by atoms with van der Waals surface area (Å²) in [6, 6.07) is 13.9. The quantitative estimate of drug-likeness (QED) is 0.262. The van der Waals surface area contributed by atoms with E-state index in [-0.39, 0.29) is 0 Å². The topological polar surface area (TPSA) is 29.0 Å². The molecule has 5 rings (SSSR count). The minimum absolute atomic E-state index is 0.398. The second-order valence-corrected chi connectivity index (χ2v) is 9.71. The van der Waals surface area contributed by atoms with Crippen molar-refractivity contribution in [3.63, 3.8) is 0 Å². The molecule has 186 valence electrons. The van der Waals surface area contributed by atoms with Gasteiger partial charge in [-0.1, -0.05) is 24.3 Å². The highest BCUT2D eigenvalue weighted by molar-refractivity contribution is 7.15. The summed E-state index contributed by atoms with van der Waals surface area (Å²) in [6.45, 7) is 2.07. The van der Waals surface area contributed by atoms with Gasteiger partial charge in [0.2, 0.25) is 0 Å². The Bertz CT molecular complexity index is 1360. The van der Waals surface area contributed by atoms with Gasteiger partial charge in [0.05, 0.1) is 16.8 Å². The van der Waals surface area contributed by atoms with Gasteiger partial charge in [-0.15, -0.1) is 11.3 Å². The molecule has 3 nitrogen and oxygen atoms in total. The Hall–Kier alpha value is -3.24. The molecule has 0 radical (unpaired) electrons. The molecule has 10 heteroatoms. The predicted octanol–water partition coefficient (Wildman–Crippen LogP) is 7.47. The van der Waals surface area contributed by atoms with Crippen LogP contribution in [0.15, 0.2) is 66.9 Å². The number of halogens is 6. The van der Waals surface area contributed by atoms with Crippen molar-refractivity contribution in [2.45, 2.75) is 31.9 Å². The highest BCUT2D eigenvalue weighted by atomic mass is 32.1. The van der Waals surface area contributed by atoms with E-state index in [1.807, 2.05) is 12.1 Å². The lowest BCUT2D eigenvalue weighted by atomic mass is 10.1. The van der Waals surface area contributed by atoms with E-state index >= 15 is 0 Å². The minimum atomic E-state index is -4.39. The Morgan fingerprint density at radius 2 is 1.39 bits per heavy atom. The number of nitrogens with zero attached hydrogens (tertiary/aromatic N) is 3. The first-order valence-electron chi connectivity index (χ1n) is 11.1. The van der Waals surface area contributed by atoms with Gasteiger partial charge in [0.15, 0.2) is 5.82 Å². The van der Waals surface area contributed by atoms with E-state index in [1.165, 1.54) is 24.3 Å². The summed E-state index contributed by atoms with van der Waals surface area (Å²) in [6.07, 6.45) is -6.34. The zero-order chi connectivity index (χ0) is 25.5. The molecule has 0 aliphatic carbocycles. The van der Waals surface area contributed by atoms with E-state index in [0.717, 1.165) is 57.4 Å². The Labute approximate surface area is 207 Å². The lowest BCUT2D eigenvalue weighted by Crippen LogP contribution is -2.30. The number of thiophene rings is 1. The molecule has 2 aromatic heterocycles. The van der Waals surface area contributed by atoms with Crippen molar-refractivity contribution in [2.24, 2.45) is 0 Å². The Kier molecular flexibility index (Phi) is 6.34. The smallest absolute Gasteiger partial charge is 0.293 e. The van der Waals surface area contributed by atoms with Gasteiger partial charge in [-0.2, -0.15) is 26.3 Å². The molecule has 0 atom stereocenters. The third kappa shape index (κ3) is 5.29. The fourth-order valence-electron chi connectivity index (χ4n) is 4.12. The average molecular weight is 520 g/mol. The monoisotopic (exact) mass is 519 g/mol. The van der Waals surface area contributed by atoms with Gasteiger partial charge in [0, 0.05) is 53.1 Å². The van der Waals surface area contributed by atoms with Crippen LogP contribution in [0.2, 0.25) is 0 Å². The first-order chi connectivity index (χ1) is 17.1. The third-order valence-corrected chi connectivity index (χ3v) is 7.14. The fourth-order valence-corrected chi connectivity index (χ4v) is 5.17. The molecule has 2 aromatic carbocycles. The molecule has 0 saturated carbocycles. The zero-order valence-electron chi connectivity index (χ0n) is 18.7. The molecule has 0 spiro atoms. The summed E-state index contributed by atoms with van der Waals surface area (Å²) in [7, 11) is 0. The van der Waals surface area contributed by atoms with Gasteiger partial charge >= 0.3 is 12.4 Å². The van der Waals surface area contributed by atoms with Crippen molar-refractivity contribution in [3.8, 4) is 21.8 Å². The van der Waals surface area contributed by atoms with Crippen LogP contribution in [0.5, 0.6) is 0 Å². The maximum atomic E-state index is 12.8. The lowest BCUT2D eigenvalue weighted by molar-refractivity contribution is -0.138. The summed E-state index contributed by atoms with van der Waals surface area (Å²) >= 11 is 1.54. The number of rotatable bonds is 4. The summed E-state index contributed by atoms with van der Waals surface area (Å²) in [5.41, 5.74) is 1.74. The van der Waals surface area contributed by atoms with E-state index in [9.17, 15) is 26.3 Å². The minimum Gasteiger partial charge on any atom is -0.293 e. The van der Waals surface area contributed by atoms with E-state index in [2.05, 4.69) is 14.9 Å². The average Bonchev–Trinajstić information content (AvgIpc) is 3.31. The summed E-state index contributed by atoms with van der Waals surface area (Å²) in [5.74, 6) is 0.398. The molecule has 0 saturated heterocycles. The van der Waals surface area contributed by atoms with Crippen LogP contribution in [-0.4, -0.2) is 21.4 Å². The van der Waals surface area contributed by atoms with Crippen LogP contribution < -0.4 is 0 Å². The molecule has 36 heavy (non-hydrogen) atoms. The van der Waals surface area contributed by atoms with Crippen LogP contribution in [0.1, 0.15) is 27.3 Å². The van der Waals surface area contributed by atoms with Crippen molar-refractivity contribution in [1.29, 1.82) is 0 Å². The van der Waals surface area contributed by atoms with Crippen LogP contribution in [-0.2, 0) is 31.9 Å². The van der Waals surface area contributed by atoms with Gasteiger partial charge < -0.3 is 0 Å². The second-order valence-electron chi connectivity index (χ2n) is 8.54. The highest BCUT2D eigenvalue weighted by Crippen LogP contribution is 2.34. The van der Waals surface area contributed by atoms with Crippen LogP contribution in [0.3, 0.4) is 0 Å². The molecule has 1 aliphatic heterocycles.